The van der Waals surface area contributed by atoms with Gasteiger partial charge in [0.25, 0.3) is 0 Å². The Hall–Kier alpha value is -5.96. The van der Waals surface area contributed by atoms with Crippen molar-refractivity contribution in [2.24, 2.45) is 0 Å². The maximum absolute atomic E-state index is 2.37. The van der Waals surface area contributed by atoms with Gasteiger partial charge in [-0.3, -0.25) is 0 Å². The number of fused-ring (bicyclic) bond motifs is 4. The van der Waals surface area contributed by atoms with Crippen LogP contribution in [-0.2, 0) is 0 Å². The standard InChI is InChI=1S/C46H31NS/c1-3-9-32(10-4-1)34-19-23-40(24-20-34)47(42-27-28-44-43-13-7-8-14-45(43)48-46(44)31-42)41-25-21-35(22-26-41)37-16-18-38-29-36(15-17-39(38)30-37)33-11-5-2-6-12-33/h1-31H. The molecule has 0 radical (unpaired) electrons. The zero-order valence-corrected chi connectivity index (χ0v) is 27.1. The van der Waals surface area contributed by atoms with Crippen molar-refractivity contribution in [3.63, 3.8) is 0 Å². The van der Waals surface area contributed by atoms with Crippen LogP contribution < -0.4 is 4.90 Å². The smallest absolute Gasteiger partial charge is 0.0476 e. The van der Waals surface area contributed by atoms with Gasteiger partial charge in [-0.15, -0.1) is 11.3 Å². The Morgan fingerprint density at radius 1 is 0.292 bits per heavy atom. The van der Waals surface area contributed by atoms with E-state index in [1.807, 2.05) is 11.3 Å². The maximum atomic E-state index is 2.37. The molecular formula is C46H31NS. The third-order valence-corrected chi connectivity index (χ3v) is 10.4. The highest BCUT2D eigenvalue weighted by molar-refractivity contribution is 7.25. The zero-order chi connectivity index (χ0) is 31.9. The van der Waals surface area contributed by atoms with Gasteiger partial charge in [0.2, 0.25) is 0 Å². The van der Waals surface area contributed by atoms with Gasteiger partial charge in [0.15, 0.2) is 0 Å². The first-order valence-electron chi connectivity index (χ1n) is 16.3. The lowest BCUT2D eigenvalue weighted by Gasteiger charge is -2.26. The van der Waals surface area contributed by atoms with E-state index in [1.165, 1.54) is 64.3 Å². The zero-order valence-electron chi connectivity index (χ0n) is 26.3. The van der Waals surface area contributed by atoms with Crippen LogP contribution in [-0.4, -0.2) is 0 Å². The van der Waals surface area contributed by atoms with E-state index in [1.54, 1.807) is 0 Å². The normalized spacial score (nSPS) is 11.3. The summed E-state index contributed by atoms with van der Waals surface area (Å²) in [5.74, 6) is 0. The molecule has 0 N–H and O–H groups in total. The second kappa shape index (κ2) is 12.0. The maximum Gasteiger partial charge on any atom is 0.0476 e. The summed E-state index contributed by atoms with van der Waals surface area (Å²) in [6.07, 6.45) is 0. The molecule has 1 aromatic heterocycles. The van der Waals surface area contributed by atoms with Crippen LogP contribution in [0.3, 0.4) is 0 Å². The van der Waals surface area contributed by atoms with Gasteiger partial charge in [-0.1, -0.05) is 133 Å². The Bertz CT molecular complexity index is 2530. The highest BCUT2D eigenvalue weighted by Gasteiger charge is 2.15. The van der Waals surface area contributed by atoms with Crippen molar-refractivity contribution in [2.75, 3.05) is 4.90 Å². The van der Waals surface area contributed by atoms with Crippen molar-refractivity contribution in [3.8, 4) is 33.4 Å². The highest BCUT2D eigenvalue weighted by atomic mass is 32.1. The van der Waals surface area contributed by atoms with Crippen molar-refractivity contribution < 1.29 is 0 Å². The average molecular weight is 630 g/mol. The minimum absolute atomic E-state index is 1.12. The predicted octanol–water partition coefficient (Wildman–Crippen LogP) is 13.7. The lowest BCUT2D eigenvalue weighted by atomic mass is 9.97. The molecule has 1 nitrogen and oxygen atoms in total. The topological polar surface area (TPSA) is 3.24 Å². The van der Waals surface area contributed by atoms with Gasteiger partial charge in [0.1, 0.15) is 0 Å². The van der Waals surface area contributed by atoms with Gasteiger partial charge in [-0.05, 0) is 98.8 Å². The molecule has 48 heavy (non-hydrogen) atoms. The van der Waals surface area contributed by atoms with Crippen LogP contribution in [0.5, 0.6) is 0 Å². The molecule has 0 aliphatic rings. The highest BCUT2D eigenvalue weighted by Crippen LogP contribution is 2.41. The number of anilines is 3. The van der Waals surface area contributed by atoms with E-state index in [-0.39, 0.29) is 0 Å². The Morgan fingerprint density at radius 3 is 1.33 bits per heavy atom. The molecule has 226 valence electrons. The number of nitrogens with zero attached hydrogens (tertiary/aromatic N) is 1. The summed E-state index contributed by atoms with van der Waals surface area (Å²) in [5, 5.41) is 5.12. The molecule has 0 aliphatic heterocycles. The second-order valence-corrected chi connectivity index (χ2v) is 13.3. The molecule has 0 unspecified atom stereocenters. The number of hydrogen-bond donors (Lipinski definition) is 0. The summed E-state index contributed by atoms with van der Waals surface area (Å²) in [6.45, 7) is 0. The Labute approximate surface area is 284 Å². The first-order valence-corrected chi connectivity index (χ1v) is 17.2. The van der Waals surface area contributed by atoms with E-state index in [0.717, 1.165) is 17.1 Å². The van der Waals surface area contributed by atoms with Gasteiger partial charge in [-0.25, -0.2) is 0 Å². The van der Waals surface area contributed by atoms with Crippen molar-refractivity contribution in [1.29, 1.82) is 0 Å². The van der Waals surface area contributed by atoms with E-state index >= 15 is 0 Å². The molecule has 9 rings (SSSR count). The molecule has 0 bridgehead atoms. The SMILES string of the molecule is c1ccc(-c2ccc(N(c3ccc(-c4ccc5cc(-c6ccccc6)ccc5c4)cc3)c3ccc4c(c3)sc3ccccc34)cc2)cc1. The number of hydrogen-bond acceptors (Lipinski definition) is 2. The van der Waals surface area contributed by atoms with Crippen LogP contribution in [0.2, 0.25) is 0 Å². The molecule has 0 aliphatic carbocycles. The van der Waals surface area contributed by atoms with Crippen molar-refractivity contribution in [3.05, 3.63) is 188 Å². The summed E-state index contributed by atoms with van der Waals surface area (Å²) in [5.41, 5.74) is 10.7. The molecular weight excluding hydrogens is 599 g/mol. The van der Waals surface area contributed by atoms with Gasteiger partial charge in [0.05, 0.1) is 0 Å². The summed E-state index contributed by atoms with van der Waals surface area (Å²) in [6, 6.07) is 68.1. The van der Waals surface area contributed by atoms with Crippen molar-refractivity contribution in [1.82, 2.24) is 0 Å². The minimum Gasteiger partial charge on any atom is -0.310 e. The van der Waals surface area contributed by atoms with Crippen LogP contribution in [0.1, 0.15) is 0 Å². The van der Waals surface area contributed by atoms with E-state index in [4.69, 9.17) is 0 Å². The Morgan fingerprint density at radius 2 is 0.729 bits per heavy atom. The third kappa shape index (κ3) is 5.23. The van der Waals surface area contributed by atoms with E-state index in [9.17, 15) is 0 Å². The Balaban J connectivity index is 1.09. The third-order valence-electron chi connectivity index (χ3n) is 9.26. The minimum atomic E-state index is 1.12. The molecule has 0 saturated heterocycles. The van der Waals surface area contributed by atoms with Gasteiger partial charge in [0, 0.05) is 37.2 Å². The molecule has 0 spiro atoms. The lowest BCUT2D eigenvalue weighted by molar-refractivity contribution is 1.29. The molecule has 8 aromatic carbocycles. The molecule has 0 saturated carbocycles. The van der Waals surface area contributed by atoms with E-state index in [0.29, 0.717) is 0 Å². The molecule has 1 heterocycles. The van der Waals surface area contributed by atoms with Gasteiger partial charge < -0.3 is 4.90 Å². The van der Waals surface area contributed by atoms with Crippen LogP contribution in [0, 0.1) is 0 Å². The fraction of sp³-hybridized carbons (Fsp3) is 0. The summed E-state index contributed by atoms with van der Waals surface area (Å²) < 4.78 is 2.61. The first-order chi connectivity index (χ1) is 23.8. The molecule has 2 heteroatoms. The summed E-state index contributed by atoms with van der Waals surface area (Å²) >= 11 is 1.86. The molecule has 9 aromatic rings. The largest absolute Gasteiger partial charge is 0.310 e. The second-order valence-electron chi connectivity index (χ2n) is 12.2. The van der Waals surface area contributed by atoms with Crippen LogP contribution in [0.25, 0.3) is 64.3 Å². The van der Waals surface area contributed by atoms with E-state index in [2.05, 4.69) is 193 Å². The molecule has 0 fully saturated rings. The summed E-state index contributed by atoms with van der Waals surface area (Å²) in [7, 11) is 0. The van der Waals surface area contributed by atoms with Crippen LogP contribution in [0.15, 0.2) is 188 Å². The van der Waals surface area contributed by atoms with Crippen LogP contribution >= 0.6 is 11.3 Å². The van der Waals surface area contributed by atoms with Gasteiger partial charge in [-0.2, -0.15) is 0 Å². The van der Waals surface area contributed by atoms with E-state index < -0.39 is 0 Å². The quantitative estimate of drug-likeness (QED) is 0.177. The lowest BCUT2D eigenvalue weighted by Crippen LogP contribution is -2.09. The fourth-order valence-electron chi connectivity index (χ4n) is 6.77. The average Bonchev–Trinajstić information content (AvgIpc) is 3.54. The van der Waals surface area contributed by atoms with Crippen LogP contribution in [0.4, 0.5) is 17.1 Å². The summed E-state index contributed by atoms with van der Waals surface area (Å²) in [4.78, 5) is 2.37. The number of rotatable bonds is 6. The predicted molar refractivity (Wildman–Crippen MR) is 208 cm³/mol. The fourth-order valence-corrected chi connectivity index (χ4v) is 7.91. The number of benzene rings is 8. The van der Waals surface area contributed by atoms with Gasteiger partial charge >= 0.3 is 0 Å². The molecule has 0 atom stereocenters. The monoisotopic (exact) mass is 629 g/mol. The Kier molecular flexibility index (Phi) is 7.07. The van der Waals surface area contributed by atoms with Crippen molar-refractivity contribution >= 4 is 59.3 Å². The molecule has 0 amide bonds. The van der Waals surface area contributed by atoms with Crippen molar-refractivity contribution in [2.45, 2.75) is 0 Å². The first kappa shape index (κ1) is 28.3. The number of thiophene rings is 1.